The van der Waals surface area contributed by atoms with Crippen molar-refractivity contribution in [3.63, 3.8) is 0 Å². The summed E-state index contributed by atoms with van der Waals surface area (Å²) in [6, 6.07) is 15.1. The molecule has 0 spiro atoms. The van der Waals surface area contributed by atoms with Crippen LogP contribution < -0.4 is 5.32 Å². The molecule has 2 aromatic carbocycles. The molecular formula is C18H14ClN3O3S2. The van der Waals surface area contributed by atoms with Gasteiger partial charge in [0.25, 0.3) is 0 Å². The average Bonchev–Trinajstić information content (AvgIpc) is 3.08. The summed E-state index contributed by atoms with van der Waals surface area (Å²) >= 11 is 6.83. The molecule has 0 unspecified atom stereocenters. The number of nitrogens with one attached hydrogen (secondary N) is 1. The summed E-state index contributed by atoms with van der Waals surface area (Å²) in [6.07, 6.45) is 2.98. The quantitative estimate of drug-likeness (QED) is 0.613. The van der Waals surface area contributed by atoms with Crippen LogP contribution in [0.5, 0.6) is 0 Å². The van der Waals surface area contributed by atoms with Crippen LogP contribution in [0.25, 0.3) is 6.08 Å². The summed E-state index contributed by atoms with van der Waals surface area (Å²) in [6.45, 7) is 0. The highest BCUT2D eigenvalue weighted by Crippen LogP contribution is 2.21. The zero-order valence-electron chi connectivity index (χ0n) is 13.9. The average molecular weight is 420 g/mol. The van der Waals surface area contributed by atoms with Gasteiger partial charge in [-0.1, -0.05) is 53.3 Å². The number of carbonyl (C=O) groups is 1. The van der Waals surface area contributed by atoms with Gasteiger partial charge in [-0.3, -0.25) is 10.1 Å². The van der Waals surface area contributed by atoms with E-state index in [2.05, 4.69) is 15.5 Å². The molecular weight excluding hydrogens is 406 g/mol. The van der Waals surface area contributed by atoms with Crippen molar-refractivity contribution in [3.8, 4) is 0 Å². The molecule has 0 aliphatic heterocycles. The first-order chi connectivity index (χ1) is 12.9. The third-order valence-corrected chi connectivity index (χ3v) is 6.33. The highest BCUT2D eigenvalue weighted by atomic mass is 35.5. The fraction of sp³-hybridized carbons (Fsp3) is 0.0556. The van der Waals surface area contributed by atoms with Gasteiger partial charge >= 0.3 is 0 Å². The SMILES string of the molecule is O=C(/C=C/c1ccc(Cl)cc1)Nc1nnc(CS(=O)(=O)c2ccccc2)s1. The third-order valence-electron chi connectivity index (χ3n) is 3.41. The van der Waals surface area contributed by atoms with Gasteiger partial charge in [-0.05, 0) is 35.9 Å². The number of rotatable bonds is 6. The minimum Gasteiger partial charge on any atom is -0.297 e. The van der Waals surface area contributed by atoms with Crippen molar-refractivity contribution in [1.82, 2.24) is 10.2 Å². The number of carbonyl (C=O) groups excluding carboxylic acids is 1. The van der Waals surface area contributed by atoms with Crippen LogP contribution in [0.2, 0.25) is 5.02 Å². The number of sulfone groups is 1. The Morgan fingerprint density at radius 1 is 1.07 bits per heavy atom. The molecule has 0 aliphatic rings. The van der Waals surface area contributed by atoms with Crippen LogP contribution in [0.1, 0.15) is 10.6 Å². The zero-order chi connectivity index (χ0) is 19.3. The summed E-state index contributed by atoms with van der Waals surface area (Å²) in [7, 11) is -3.51. The number of anilines is 1. The second-order valence-corrected chi connectivity index (χ2v) is 8.94. The molecule has 0 aliphatic carbocycles. The van der Waals surface area contributed by atoms with Crippen LogP contribution in [0.3, 0.4) is 0 Å². The van der Waals surface area contributed by atoms with Gasteiger partial charge in [-0.2, -0.15) is 0 Å². The molecule has 1 N–H and O–H groups in total. The predicted octanol–water partition coefficient (Wildman–Crippen LogP) is 3.82. The highest BCUT2D eigenvalue weighted by Gasteiger charge is 2.18. The highest BCUT2D eigenvalue weighted by molar-refractivity contribution is 7.90. The number of halogens is 1. The van der Waals surface area contributed by atoms with Gasteiger partial charge in [0.05, 0.1) is 4.90 Å². The van der Waals surface area contributed by atoms with Crippen molar-refractivity contribution in [3.05, 3.63) is 76.3 Å². The monoisotopic (exact) mass is 419 g/mol. The largest absolute Gasteiger partial charge is 0.297 e. The van der Waals surface area contributed by atoms with Gasteiger partial charge in [-0.25, -0.2) is 8.42 Å². The minimum absolute atomic E-state index is 0.219. The van der Waals surface area contributed by atoms with Crippen molar-refractivity contribution < 1.29 is 13.2 Å². The Morgan fingerprint density at radius 2 is 1.78 bits per heavy atom. The first kappa shape index (κ1) is 19.2. The Hall–Kier alpha value is -2.55. The lowest BCUT2D eigenvalue weighted by molar-refractivity contribution is -0.111. The molecule has 0 bridgehead atoms. The van der Waals surface area contributed by atoms with E-state index < -0.39 is 15.7 Å². The number of hydrogen-bond donors (Lipinski definition) is 1. The van der Waals surface area contributed by atoms with E-state index in [9.17, 15) is 13.2 Å². The third kappa shape index (κ3) is 5.46. The molecule has 3 rings (SSSR count). The number of hydrogen-bond acceptors (Lipinski definition) is 6. The number of aromatic nitrogens is 2. The lowest BCUT2D eigenvalue weighted by Gasteiger charge is -2.00. The zero-order valence-corrected chi connectivity index (χ0v) is 16.3. The molecule has 0 atom stereocenters. The van der Waals surface area contributed by atoms with Crippen LogP contribution in [-0.4, -0.2) is 24.5 Å². The first-order valence-electron chi connectivity index (χ1n) is 7.77. The smallest absolute Gasteiger partial charge is 0.250 e. The topological polar surface area (TPSA) is 89.0 Å². The maximum Gasteiger partial charge on any atom is 0.250 e. The summed E-state index contributed by atoms with van der Waals surface area (Å²) in [4.78, 5) is 12.2. The number of benzene rings is 2. The molecule has 9 heteroatoms. The summed E-state index contributed by atoms with van der Waals surface area (Å²) in [5.74, 6) is -0.663. The Balaban J connectivity index is 1.62. The number of nitrogens with zero attached hydrogens (tertiary/aromatic N) is 2. The predicted molar refractivity (Wildman–Crippen MR) is 106 cm³/mol. The van der Waals surface area contributed by atoms with Gasteiger partial charge in [0.15, 0.2) is 9.84 Å². The fourth-order valence-electron chi connectivity index (χ4n) is 2.13. The lowest BCUT2D eigenvalue weighted by atomic mass is 10.2. The Kier molecular flexibility index (Phi) is 6.00. The van der Waals surface area contributed by atoms with Crippen molar-refractivity contribution in [2.24, 2.45) is 0 Å². The molecule has 0 saturated heterocycles. The van der Waals surface area contributed by atoms with Crippen LogP contribution in [-0.2, 0) is 20.4 Å². The Bertz CT molecular complexity index is 1060. The molecule has 0 radical (unpaired) electrons. The van der Waals surface area contributed by atoms with Gasteiger partial charge in [0.2, 0.25) is 11.0 Å². The van der Waals surface area contributed by atoms with Gasteiger partial charge in [0.1, 0.15) is 10.8 Å². The van der Waals surface area contributed by atoms with Crippen molar-refractivity contribution >= 4 is 49.9 Å². The van der Waals surface area contributed by atoms with Crippen LogP contribution in [0, 0.1) is 0 Å². The summed E-state index contributed by atoms with van der Waals surface area (Å²) in [5, 5.41) is 11.4. The fourth-order valence-corrected chi connectivity index (χ4v) is 4.62. The van der Waals surface area contributed by atoms with Gasteiger partial charge in [0, 0.05) is 11.1 Å². The van der Waals surface area contributed by atoms with Crippen LogP contribution >= 0.6 is 22.9 Å². The second kappa shape index (κ2) is 8.43. The van der Waals surface area contributed by atoms with E-state index in [1.807, 2.05) is 0 Å². The first-order valence-corrected chi connectivity index (χ1v) is 10.6. The molecule has 3 aromatic rings. The van der Waals surface area contributed by atoms with E-state index in [1.165, 1.54) is 18.2 Å². The molecule has 0 saturated carbocycles. The van der Waals surface area contributed by atoms with E-state index in [1.54, 1.807) is 48.5 Å². The van der Waals surface area contributed by atoms with Crippen LogP contribution in [0.15, 0.2) is 65.6 Å². The molecule has 27 heavy (non-hydrogen) atoms. The summed E-state index contributed by atoms with van der Waals surface area (Å²) < 4.78 is 24.7. The van der Waals surface area contributed by atoms with E-state index in [4.69, 9.17) is 11.6 Å². The number of amides is 1. The summed E-state index contributed by atoms with van der Waals surface area (Å²) in [5.41, 5.74) is 0.821. The van der Waals surface area contributed by atoms with Gasteiger partial charge in [-0.15, -0.1) is 10.2 Å². The lowest BCUT2D eigenvalue weighted by Crippen LogP contribution is -2.07. The van der Waals surface area contributed by atoms with E-state index >= 15 is 0 Å². The van der Waals surface area contributed by atoms with E-state index in [-0.39, 0.29) is 15.8 Å². The van der Waals surface area contributed by atoms with Crippen molar-refractivity contribution in [1.29, 1.82) is 0 Å². The molecule has 138 valence electrons. The van der Waals surface area contributed by atoms with Crippen molar-refractivity contribution in [2.75, 3.05) is 5.32 Å². The Morgan fingerprint density at radius 3 is 2.48 bits per heavy atom. The maximum atomic E-state index is 12.3. The molecule has 1 heterocycles. The normalized spacial score (nSPS) is 11.6. The van der Waals surface area contributed by atoms with E-state index in [0.29, 0.717) is 10.0 Å². The maximum absolute atomic E-state index is 12.3. The molecule has 6 nitrogen and oxygen atoms in total. The molecule has 0 fully saturated rings. The standard InChI is InChI=1S/C18H14ClN3O3S2/c19-14-9-6-13(7-10-14)8-11-16(23)20-18-22-21-17(26-18)12-27(24,25)15-4-2-1-3-5-15/h1-11H,12H2,(H,20,22,23)/b11-8+. The van der Waals surface area contributed by atoms with E-state index in [0.717, 1.165) is 16.9 Å². The Labute approximate surface area is 165 Å². The van der Waals surface area contributed by atoms with Crippen molar-refractivity contribution in [2.45, 2.75) is 10.6 Å². The van der Waals surface area contributed by atoms with Gasteiger partial charge < -0.3 is 0 Å². The molecule has 1 amide bonds. The minimum atomic E-state index is -3.51. The van der Waals surface area contributed by atoms with Crippen LogP contribution in [0.4, 0.5) is 5.13 Å². The molecule has 1 aromatic heterocycles. The second-order valence-electron chi connectivity index (χ2n) is 5.45.